The van der Waals surface area contributed by atoms with E-state index in [9.17, 15) is 29.1 Å². The number of nitrogens with one attached hydrogen (secondary N) is 3. The highest BCUT2D eigenvalue weighted by Gasteiger charge is 2.31. The Morgan fingerprint density at radius 3 is 1.81 bits per heavy atom. The number of aliphatic carboxylic acids is 1. The number of thiol groups is 1. The van der Waals surface area contributed by atoms with Crippen LogP contribution in [0.5, 0.6) is 0 Å². The summed E-state index contributed by atoms with van der Waals surface area (Å²) < 4.78 is 0. The number of rotatable bonds is 14. The van der Waals surface area contributed by atoms with Gasteiger partial charge in [-0.3, -0.25) is 19.2 Å². The van der Waals surface area contributed by atoms with Crippen molar-refractivity contribution in [3.8, 4) is 0 Å². The molecular formula is C19H35N5O6S. The summed E-state index contributed by atoms with van der Waals surface area (Å²) in [5.74, 6) is -4.57. The SMILES string of the molecule is CCC(C)C(N)C(=O)NC(CS)C(=O)NC(CC(N)=O)C(=O)NC(CC(C)C)C(=O)O. The predicted molar refractivity (Wildman–Crippen MR) is 118 cm³/mol. The lowest BCUT2D eigenvalue weighted by Gasteiger charge is -2.25. The van der Waals surface area contributed by atoms with E-state index in [0.29, 0.717) is 6.42 Å². The number of amides is 4. The summed E-state index contributed by atoms with van der Waals surface area (Å²) in [5.41, 5.74) is 11.0. The Bertz CT molecular complexity index is 660. The van der Waals surface area contributed by atoms with Crippen LogP contribution < -0.4 is 27.4 Å². The molecule has 5 unspecified atom stereocenters. The third kappa shape index (κ3) is 10.5. The fraction of sp³-hybridized carbons (Fsp3) is 0.737. The lowest BCUT2D eigenvalue weighted by molar-refractivity contribution is -0.143. The van der Waals surface area contributed by atoms with Crippen molar-refractivity contribution >= 4 is 42.2 Å². The summed E-state index contributed by atoms with van der Waals surface area (Å²) in [6, 6.07) is -4.58. The third-order valence-electron chi connectivity index (χ3n) is 4.74. The molecule has 0 aromatic rings. The molecule has 0 radical (unpaired) electrons. The first-order valence-electron chi connectivity index (χ1n) is 10.1. The number of carbonyl (C=O) groups is 5. The van der Waals surface area contributed by atoms with E-state index in [2.05, 4.69) is 28.6 Å². The van der Waals surface area contributed by atoms with Gasteiger partial charge in [0.05, 0.1) is 12.5 Å². The van der Waals surface area contributed by atoms with E-state index >= 15 is 0 Å². The fourth-order valence-electron chi connectivity index (χ4n) is 2.62. The van der Waals surface area contributed by atoms with Crippen LogP contribution in [-0.2, 0) is 24.0 Å². The lowest BCUT2D eigenvalue weighted by atomic mass is 9.99. The Hall–Kier alpha value is -2.34. The van der Waals surface area contributed by atoms with E-state index in [4.69, 9.17) is 11.5 Å². The Balaban J connectivity index is 5.32. The molecule has 0 aliphatic carbocycles. The molecule has 0 aromatic carbocycles. The average molecular weight is 462 g/mol. The highest BCUT2D eigenvalue weighted by molar-refractivity contribution is 7.80. The van der Waals surface area contributed by atoms with Crippen LogP contribution >= 0.6 is 12.6 Å². The van der Waals surface area contributed by atoms with Crippen molar-refractivity contribution in [3.63, 3.8) is 0 Å². The molecule has 0 aliphatic heterocycles. The maximum atomic E-state index is 12.6. The van der Waals surface area contributed by atoms with Crippen molar-refractivity contribution in [3.05, 3.63) is 0 Å². The number of hydrogen-bond acceptors (Lipinski definition) is 7. The molecule has 31 heavy (non-hydrogen) atoms. The van der Waals surface area contributed by atoms with Gasteiger partial charge in [-0.25, -0.2) is 4.79 Å². The van der Waals surface area contributed by atoms with Crippen LogP contribution in [-0.4, -0.2) is 64.6 Å². The monoisotopic (exact) mass is 461 g/mol. The number of primary amides is 1. The van der Waals surface area contributed by atoms with E-state index in [-0.39, 0.29) is 24.0 Å². The second-order valence-electron chi connectivity index (χ2n) is 7.92. The van der Waals surface area contributed by atoms with Crippen LogP contribution in [0.1, 0.15) is 47.0 Å². The molecule has 11 nitrogen and oxygen atoms in total. The summed E-state index contributed by atoms with van der Waals surface area (Å²) in [6.45, 7) is 7.24. The van der Waals surface area contributed by atoms with E-state index in [1.54, 1.807) is 20.8 Å². The summed E-state index contributed by atoms with van der Waals surface area (Å²) in [4.78, 5) is 60.2. The van der Waals surface area contributed by atoms with E-state index in [0.717, 1.165) is 0 Å². The summed E-state index contributed by atoms with van der Waals surface area (Å²) in [6.07, 6.45) is 0.265. The minimum absolute atomic E-state index is 0.0240. The van der Waals surface area contributed by atoms with Gasteiger partial charge < -0.3 is 32.5 Å². The summed E-state index contributed by atoms with van der Waals surface area (Å²) in [5, 5.41) is 16.4. The van der Waals surface area contributed by atoms with Crippen LogP contribution in [0.3, 0.4) is 0 Å². The van der Waals surface area contributed by atoms with Gasteiger partial charge in [0.25, 0.3) is 0 Å². The predicted octanol–water partition coefficient (Wildman–Crippen LogP) is -1.25. The first-order chi connectivity index (χ1) is 14.3. The number of carboxylic acids is 1. The van der Waals surface area contributed by atoms with Crippen LogP contribution in [0.2, 0.25) is 0 Å². The van der Waals surface area contributed by atoms with Gasteiger partial charge in [0.2, 0.25) is 23.6 Å². The quantitative estimate of drug-likeness (QED) is 0.157. The van der Waals surface area contributed by atoms with Gasteiger partial charge in [-0.1, -0.05) is 34.1 Å². The number of carboxylic acid groups (broad SMARTS) is 1. The molecule has 4 amide bonds. The van der Waals surface area contributed by atoms with Gasteiger partial charge in [0.15, 0.2) is 0 Å². The van der Waals surface area contributed by atoms with Crippen molar-refractivity contribution in [1.29, 1.82) is 0 Å². The van der Waals surface area contributed by atoms with Crippen molar-refractivity contribution in [2.45, 2.75) is 71.1 Å². The van der Waals surface area contributed by atoms with Gasteiger partial charge in [0.1, 0.15) is 18.1 Å². The van der Waals surface area contributed by atoms with Gasteiger partial charge in [-0.2, -0.15) is 12.6 Å². The molecule has 0 saturated carbocycles. The van der Waals surface area contributed by atoms with Crippen molar-refractivity contribution in [1.82, 2.24) is 16.0 Å². The normalized spacial score (nSPS) is 15.8. The fourth-order valence-corrected chi connectivity index (χ4v) is 2.88. The second-order valence-corrected chi connectivity index (χ2v) is 8.28. The van der Waals surface area contributed by atoms with Gasteiger partial charge in [0, 0.05) is 5.75 Å². The van der Waals surface area contributed by atoms with Crippen molar-refractivity contribution in [2.24, 2.45) is 23.3 Å². The molecule has 0 aromatic heterocycles. The molecular weight excluding hydrogens is 426 g/mol. The largest absolute Gasteiger partial charge is 0.480 e. The van der Waals surface area contributed by atoms with Gasteiger partial charge in [-0.15, -0.1) is 0 Å². The van der Waals surface area contributed by atoms with Gasteiger partial charge in [-0.05, 0) is 18.3 Å². The molecule has 0 rings (SSSR count). The van der Waals surface area contributed by atoms with Gasteiger partial charge >= 0.3 is 5.97 Å². The lowest BCUT2D eigenvalue weighted by Crippen LogP contribution is -2.58. The molecule has 12 heteroatoms. The topological polar surface area (TPSA) is 194 Å². The summed E-state index contributed by atoms with van der Waals surface area (Å²) in [7, 11) is 0. The second kappa shape index (κ2) is 13.9. The highest BCUT2D eigenvalue weighted by Crippen LogP contribution is 2.07. The van der Waals surface area contributed by atoms with Crippen molar-refractivity contribution < 1.29 is 29.1 Å². The zero-order valence-electron chi connectivity index (χ0n) is 18.4. The van der Waals surface area contributed by atoms with E-state index in [1.807, 2.05) is 6.92 Å². The number of nitrogens with two attached hydrogens (primary N) is 2. The molecule has 0 aliphatic rings. The summed E-state index contributed by atoms with van der Waals surface area (Å²) >= 11 is 4.05. The number of hydrogen-bond donors (Lipinski definition) is 7. The standard InChI is InChI=1S/C19H35N5O6S/c1-5-10(4)15(21)18(28)24-13(8-31)17(27)22-11(7-14(20)25)16(26)23-12(19(29)30)6-9(2)3/h9-13,15,31H,5-8,21H2,1-4H3,(H2,20,25)(H,22,27)(H,23,26)(H,24,28)(H,29,30). The minimum Gasteiger partial charge on any atom is -0.480 e. The zero-order valence-corrected chi connectivity index (χ0v) is 19.3. The van der Waals surface area contributed by atoms with Crippen LogP contribution in [0, 0.1) is 11.8 Å². The Labute approximate surface area is 187 Å². The molecule has 0 saturated heterocycles. The average Bonchev–Trinajstić information content (AvgIpc) is 2.68. The van der Waals surface area contributed by atoms with Crippen LogP contribution in [0.15, 0.2) is 0 Å². The number of carbonyl (C=O) groups excluding carboxylic acids is 4. The molecule has 0 heterocycles. The highest BCUT2D eigenvalue weighted by atomic mass is 32.1. The maximum absolute atomic E-state index is 12.6. The Morgan fingerprint density at radius 2 is 1.39 bits per heavy atom. The van der Waals surface area contributed by atoms with Crippen LogP contribution in [0.4, 0.5) is 0 Å². The maximum Gasteiger partial charge on any atom is 0.326 e. The molecule has 0 spiro atoms. The van der Waals surface area contributed by atoms with E-state index < -0.39 is 60.2 Å². The Morgan fingerprint density at radius 1 is 0.903 bits per heavy atom. The van der Waals surface area contributed by atoms with Crippen molar-refractivity contribution in [2.75, 3.05) is 5.75 Å². The third-order valence-corrected chi connectivity index (χ3v) is 5.10. The minimum atomic E-state index is -1.42. The van der Waals surface area contributed by atoms with Crippen LogP contribution in [0.25, 0.3) is 0 Å². The molecule has 0 bridgehead atoms. The van der Waals surface area contributed by atoms with E-state index in [1.165, 1.54) is 0 Å². The Kier molecular flexibility index (Phi) is 12.8. The molecule has 8 N–H and O–H groups in total. The first kappa shape index (κ1) is 28.7. The molecule has 5 atom stereocenters. The molecule has 0 fully saturated rings. The smallest absolute Gasteiger partial charge is 0.326 e. The molecule has 178 valence electrons. The first-order valence-corrected chi connectivity index (χ1v) is 10.8. The zero-order chi connectivity index (χ0) is 24.3.